The minimum Gasteiger partial charge on any atom is -0.354 e. The number of benzene rings is 3. The van der Waals surface area contributed by atoms with E-state index in [4.69, 9.17) is 23.2 Å². The predicted octanol–water partition coefficient (Wildman–Crippen LogP) is 6.10. The van der Waals surface area contributed by atoms with E-state index in [-0.39, 0.29) is 17.3 Å². The molecule has 0 atom stereocenters. The van der Waals surface area contributed by atoms with Crippen LogP contribution in [0.3, 0.4) is 0 Å². The number of hydrogen-bond acceptors (Lipinski definition) is 4. The van der Waals surface area contributed by atoms with Gasteiger partial charge in [0.15, 0.2) is 0 Å². The van der Waals surface area contributed by atoms with Crippen LogP contribution in [-0.2, 0) is 14.8 Å². The Bertz CT molecular complexity index is 1230. The van der Waals surface area contributed by atoms with Gasteiger partial charge in [0.1, 0.15) is 6.54 Å². The van der Waals surface area contributed by atoms with E-state index < -0.39 is 10.0 Å². The molecule has 0 heterocycles. The summed E-state index contributed by atoms with van der Waals surface area (Å²) in [5.41, 5.74) is 2.10. The van der Waals surface area contributed by atoms with Crippen LogP contribution >= 0.6 is 35.0 Å². The molecule has 0 unspecified atom stereocenters. The third kappa shape index (κ3) is 7.15. The number of nitrogens with zero attached hydrogens (tertiary/aromatic N) is 1. The summed E-state index contributed by atoms with van der Waals surface area (Å²) in [6.45, 7) is 3.80. The Morgan fingerprint density at radius 3 is 2.29 bits per heavy atom. The maximum atomic E-state index is 13.4. The Hall–Kier alpha value is -2.19. The molecule has 0 spiro atoms. The summed E-state index contributed by atoms with van der Waals surface area (Å²) in [6, 6.07) is 19.1. The summed E-state index contributed by atoms with van der Waals surface area (Å²) in [5, 5.41) is 3.95. The van der Waals surface area contributed by atoms with E-state index in [1.165, 1.54) is 0 Å². The first kappa shape index (κ1) is 26.4. The van der Waals surface area contributed by atoms with Crippen LogP contribution in [0.5, 0.6) is 0 Å². The van der Waals surface area contributed by atoms with Crippen molar-refractivity contribution in [2.45, 2.75) is 30.1 Å². The zero-order valence-corrected chi connectivity index (χ0v) is 22.1. The van der Waals surface area contributed by atoms with E-state index in [1.54, 1.807) is 54.2 Å². The van der Waals surface area contributed by atoms with Crippen LogP contribution in [0.4, 0.5) is 5.69 Å². The van der Waals surface area contributed by atoms with Gasteiger partial charge in [0, 0.05) is 21.5 Å². The molecule has 1 N–H and O–H groups in total. The first-order valence-corrected chi connectivity index (χ1v) is 13.9. The zero-order chi connectivity index (χ0) is 24.7. The topological polar surface area (TPSA) is 66.5 Å². The minimum absolute atomic E-state index is 0.113. The molecular formula is C25H26Cl2N2O3S2. The van der Waals surface area contributed by atoms with Crippen molar-refractivity contribution >= 4 is 56.6 Å². The third-order valence-electron chi connectivity index (χ3n) is 5.07. The number of aryl methyl sites for hydroxylation is 2. The highest BCUT2D eigenvalue weighted by molar-refractivity contribution is 7.99. The molecule has 0 bridgehead atoms. The van der Waals surface area contributed by atoms with Gasteiger partial charge in [0.05, 0.1) is 10.6 Å². The molecule has 3 rings (SSSR count). The molecule has 0 radical (unpaired) electrons. The van der Waals surface area contributed by atoms with Gasteiger partial charge in [-0.25, -0.2) is 8.42 Å². The second-order valence-electron chi connectivity index (χ2n) is 7.76. The smallest absolute Gasteiger partial charge is 0.264 e. The second-order valence-corrected chi connectivity index (χ2v) is 11.6. The average Bonchev–Trinajstić information content (AvgIpc) is 2.80. The lowest BCUT2D eigenvalue weighted by atomic mass is 10.2. The molecule has 0 fully saturated rings. The quantitative estimate of drug-likeness (QED) is 0.251. The summed E-state index contributed by atoms with van der Waals surface area (Å²) in [7, 11) is -3.97. The van der Waals surface area contributed by atoms with Crippen molar-refractivity contribution in [1.82, 2.24) is 5.32 Å². The van der Waals surface area contributed by atoms with Crippen molar-refractivity contribution in [3.8, 4) is 0 Å². The van der Waals surface area contributed by atoms with E-state index in [0.717, 1.165) is 32.5 Å². The Morgan fingerprint density at radius 1 is 0.971 bits per heavy atom. The number of anilines is 1. The minimum atomic E-state index is -3.97. The number of rotatable bonds is 10. The first-order chi connectivity index (χ1) is 16.2. The normalized spacial score (nSPS) is 11.3. The van der Waals surface area contributed by atoms with E-state index in [2.05, 4.69) is 5.32 Å². The molecule has 180 valence electrons. The van der Waals surface area contributed by atoms with Crippen molar-refractivity contribution in [1.29, 1.82) is 0 Å². The standard InChI is InChI=1S/C25H26Cl2N2O3S2/c1-18-4-12-23(13-5-18)34(31,32)29(21-9-6-19(2)24(27)16-21)17-25(30)28-14-3-15-33-22-10-7-20(26)8-11-22/h4-13,16H,3,14-15,17H2,1-2H3,(H,28,30). The van der Waals surface area contributed by atoms with Gasteiger partial charge in [-0.05, 0) is 80.1 Å². The highest BCUT2D eigenvalue weighted by atomic mass is 35.5. The van der Waals surface area contributed by atoms with Gasteiger partial charge in [-0.1, -0.05) is 47.0 Å². The number of carbonyl (C=O) groups is 1. The van der Waals surface area contributed by atoms with Crippen LogP contribution in [-0.4, -0.2) is 33.2 Å². The third-order valence-corrected chi connectivity index (χ3v) is 8.61. The van der Waals surface area contributed by atoms with Crippen molar-refractivity contribution < 1.29 is 13.2 Å². The summed E-state index contributed by atoms with van der Waals surface area (Å²) < 4.78 is 27.9. The molecule has 3 aromatic rings. The molecule has 0 saturated carbocycles. The molecular weight excluding hydrogens is 511 g/mol. The summed E-state index contributed by atoms with van der Waals surface area (Å²) in [4.78, 5) is 13.9. The second kappa shape index (κ2) is 12.0. The van der Waals surface area contributed by atoms with Crippen LogP contribution in [0.25, 0.3) is 0 Å². The summed E-state index contributed by atoms with van der Waals surface area (Å²) >= 11 is 13.8. The maximum Gasteiger partial charge on any atom is 0.264 e. The maximum absolute atomic E-state index is 13.4. The fraction of sp³-hybridized carbons (Fsp3) is 0.240. The van der Waals surface area contributed by atoms with E-state index in [9.17, 15) is 13.2 Å². The zero-order valence-electron chi connectivity index (χ0n) is 18.9. The number of nitrogens with one attached hydrogen (secondary N) is 1. The molecule has 0 aliphatic rings. The van der Waals surface area contributed by atoms with Crippen molar-refractivity contribution in [2.24, 2.45) is 0 Å². The SMILES string of the molecule is Cc1ccc(S(=O)(=O)N(CC(=O)NCCCSc2ccc(Cl)cc2)c2ccc(C)c(Cl)c2)cc1. The summed E-state index contributed by atoms with van der Waals surface area (Å²) in [5.74, 6) is 0.421. The van der Waals surface area contributed by atoms with Crippen molar-refractivity contribution in [3.63, 3.8) is 0 Å². The predicted molar refractivity (Wildman–Crippen MR) is 142 cm³/mol. The Morgan fingerprint density at radius 2 is 1.65 bits per heavy atom. The number of thioether (sulfide) groups is 1. The van der Waals surface area contributed by atoms with Gasteiger partial charge in [-0.3, -0.25) is 9.10 Å². The Kier molecular flexibility index (Phi) is 9.31. The number of hydrogen-bond donors (Lipinski definition) is 1. The van der Waals surface area contributed by atoms with Crippen LogP contribution < -0.4 is 9.62 Å². The fourth-order valence-corrected chi connectivity index (χ4v) is 5.66. The number of amides is 1. The molecule has 0 aliphatic heterocycles. The van der Waals surface area contributed by atoms with Crippen molar-refractivity contribution in [3.05, 3.63) is 87.9 Å². The van der Waals surface area contributed by atoms with Crippen LogP contribution in [0.1, 0.15) is 17.5 Å². The largest absolute Gasteiger partial charge is 0.354 e. The lowest BCUT2D eigenvalue weighted by molar-refractivity contribution is -0.119. The monoisotopic (exact) mass is 536 g/mol. The average molecular weight is 538 g/mol. The molecule has 0 aromatic heterocycles. The van der Waals surface area contributed by atoms with Gasteiger partial charge in [-0.2, -0.15) is 0 Å². The molecule has 5 nitrogen and oxygen atoms in total. The van der Waals surface area contributed by atoms with E-state index in [1.807, 2.05) is 38.1 Å². The molecule has 34 heavy (non-hydrogen) atoms. The molecule has 0 aliphatic carbocycles. The lowest BCUT2D eigenvalue weighted by Gasteiger charge is -2.24. The van der Waals surface area contributed by atoms with Gasteiger partial charge in [0.25, 0.3) is 10.0 Å². The molecule has 9 heteroatoms. The highest BCUT2D eigenvalue weighted by Gasteiger charge is 2.27. The first-order valence-electron chi connectivity index (χ1n) is 10.7. The molecule has 0 saturated heterocycles. The number of halogens is 2. The lowest BCUT2D eigenvalue weighted by Crippen LogP contribution is -2.41. The van der Waals surface area contributed by atoms with E-state index in [0.29, 0.717) is 22.3 Å². The van der Waals surface area contributed by atoms with Gasteiger partial charge in [-0.15, -0.1) is 11.8 Å². The number of carbonyl (C=O) groups excluding carboxylic acids is 1. The van der Waals surface area contributed by atoms with Gasteiger partial charge in [0.2, 0.25) is 5.91 Å². The van der Waals surface area contributed by atoms with Gasteiger partial charge >= 0.3 is 0 Å². The fourth-order valence-electron chi connectivity index (χ4n) is 3.10. The van der Waals surface area contributed by atoms with Crippen LogP contribution in [0.15, 0.2) is 76.5 Å². The van der Waals surface area contributed by atoms with Crippen LogP contribution in [0.2, 0.25) is 10.0 Å². The Labute approximate surface area is 215 Å². The highest BCUT2D eigenvalue weighted by Crippen LogP contribution is 2.28. The Balaban J connectivity index is 1.67. The van der Waals surface area contributed by atoms with Crippen molar-refractivity contribution in [2.75, 3.05) is 23.1 Å². The van der Waals surface area contributed by atoms with Crippen LogP contribution in [0, 0.1) is 13.8 Å². The molecule has 1 amide bonds. The molecule has 3 aromatic carbocycles. The summed E-state index contributed by atoms with van der Waals surface area (Å²) in [6.07, 6.45) is 0.736. The number of sulfonamides is 1. The van der Waals surface area contributed by atoms with E-state index >= 15 is 0 Å². The van der Waals surface area contributed by atoms with Gasteiger partial charge < -0.3 is 5.32 Å².